The van der Waals surface area contributed by atoms with Crippen molar-refractivity contribution in [2.45, 2.75) is 34.6 Å². The number of allylic oxidation sites excluding steroid dienone is 1. The van der Waals surface area contributed by atoms with Crippen LogP contribution in [0.2, 0.25) is 0 Å². The van der Waals surface area contributed by atoms with Crippen LogP contribution in [0, 0.1) is 32.1 Å². The van der Waals surface area contributed by atoms with Gasteiger partial charge in [-0.15, -0.1) is 11.3 Å². The molecule has 1 heterocycles. The van der Waals surface area contributed by atoms with Crippen LogP contribution in [-0.2, 0) is 14.3 Å². The minimum Gasteiger partial charge on any atom is -0.504 e. The second kappa shape index (κ2) is 11.8. The molecule has 0 aliphatic rings. The predicted molar refractivity (Wildman–Crippen MR) is 129 cm³/mol. The molecule has 0 atom stereocenters. The number of anilines is 1. The summed E-state index contributed by atoms with van der Waals surface area (Å²) in [4.78, 5) is 38.5. The van der Waals surface area contributed by atoms with Gasteiger partial charge in [-0.1, -0.05) is 29.8 Å². The van der Waals surface area contributed by atoms with E-state index in [0.717, 1.165) is 16.5 Å². The van der Waals surface area contributed by atoms with Gasteiger partial charge in [0.25, 0.3) is 0 Å². The van der Waals surface area contributed by atoms with Crippen LogP contribution < -0.4 is 5.32 Å². The molecule has 2 rings (SSSR count). The lowest BCUT2D eigenvalue weighted by Crippen LogP contribution is -2.15. The third-order valence-electron chi connectivity index (χ3n) is 4.81. The van der Waals surface area contributed by atoms with Crippen molar-refractivity contribution in [3.05, 3.63) is 74.5 Å². The standard InChI is InChI=1S/C25H26N2O6S/c1-6-32-24(30)18(13-26)22(29)19(12-20(28)17-10-8-14(3)9-11-17)27-23-21(25(31)33-7-2)15(4)16(5)34-23/h8-12,27,29H,6-7H2,1-5H3/b19-12-,22-18-. The molecule has 9 heteroatoms. The number of aliphatic hydroxyl groups is 1. The van der Waals surface area contributed by atoms with Gasteiger partial charge in [0.15, 0.2) is 17.1 Å². The van der Waals surface area contributed by atoms with E-state index in [4.69, 9.17) is 9.47 Å². The van der Waals surface area contributed by atoms with Crippen LogP contribution in [0.5, 0.6) is 0 Å². The number of hydrogen-bond acceptors (Lipinski definition) is 9. The van der Waals surface area contributed by atoms with Gasteiger partial charge in [-0.05, 0) is 40.2 Å². The minimum atomic E-state index is -1.04. The molecule has 0 bridgehead atoms. The maximum Gasteiger partial charge on any atom is 0.352 e. The zero-order valence-corrected chi connectivity index (χ0v) is 20.5. The van der Waals surface area contributed by atoms with E-state index in [0.29, 0.717) is 16.1 Å². The van der Waals surface area contributed by atoms with E-state index >= 15 is 0 Å². The first kappa shape index (κ1) is 26.4. The molecule has 0 unspecified atom stereocenters. The van der Waals surface area contributed by atoms with Crippen LogP contribution in [0.4, 0.5) is 5.00 Å². The molecule has 0 saturated carbocycles. The fraction of sp³-hybridized carbons (Fsp3) is 0.280. The van der Waals surface area contributed by atoms with Crippen molar-refractivity contribution in [3.63, 3.8) is 0 Å². The number of aryl methyl sites for hydroxylation is 2. The van der Waals surface area contributed by atoms with E-state index in [1.54, 1.807) is 51.1 Å². The van der Waals surface area contributed by atoms with E-state index in [1.165, 1.54) is 11.3 Å². The molecule has 0 amide bonds. The summed E-state index contributed by atoms with van der Waals surface area (Å²) in [6.45, 7) is 8.82. The number of carbonyl (C=O) groups is 3. The van der Waals surface area contributed by atoms with Gasteiger partial charge in [0.05, 0.1) is 24.5 Å². The van der Waals surface area contributed by atoms with Gasteiger partial charge in [-0.3, -0.25) is 4.79 Å². The average Bonchev–Trinajstić information content (AvgIpc) is 3.07. The molecule has 0 spiro atoms. The Balaban J connectivity index is 2.65. The van der Waals surface area contributed by atoms with Gasteiger partial charge in [-0.2, -0.15) is 5.26 Å². The van der Waals surface area contributed by atoms with Gasteiger partial charge in [0.2, 0.25) is 0 Å². The van der Waals surface area contributed by atoms with E-state index < -0.39 is 29.1 Å². The number of nitrogens with zero attached hydrogens (tertiary/aromatic N) is 1. The lowest BCUT2D eigenvalue weighted by atomic mass is 10.1. The summed E-state index contributed by atoms with van der Waals surface area (Å²) in [5.41, 5.74) is 1.28. The zero-order valence-electron chi connectivity index (χ0n) is 19.6. The van der Waals surface area contributed by atoms with Crippen LogP contribution in [0.3, 0.4) is 0 Å². The van der Waals surface area contributed by atoms with Crippen molar-refractivity contribution in [1.82, 2.24) is 0 Å². The molecular formula is C25H26N2O6S. The smallest absolute Gasteiger partial charge is 0.352 e. The van der Waals surface area contributed by atoms with E-state index in [-0.39, 0.29) is 24.5 Å². The highest BCUT2D eigenvalue weighted by Gasteiger charge is 2.25. The number of rotatable bonds is 9. The molecule has 0 saturated heterocycles. The van der Waals surface area contributed by atoms with E-state index in [2.05, 4.69) is 5.32 Å². The number of esters is 2. The van der Waals surface area contributed by atoms with E-state index in [9.17, 15) is 24.8 Å². The first-order valence-corrected chi connectivity index (χ1v) is 11.3. The van der Waals surface area contributed by atoms with Crippen molar-refractivity contribution in [2.24, 2.45) is 0 Å². The Bertz CT molecular complexity index is 1200. The Morgan fingerprint density at radius 1 is 1.09 bits per heavy atom. The van der Waals surface area contributed by atoms with Crippen molar-refractivity contribution >= 4 is 34.1 Å². The van der Waals surface area contributed by atoms with Gasteiger partial charge in [0, 0.05) is 16.5 Å². The Morgan fingerprint density at radius 3 is 2.26 bits per heavy atom. The number of nitrogens with one attached hydrogen (secondary N) is 1. The number of nitriles is 1. The van der Waals surface area contributed by atoms with Crippen LogP contribution in [-0.4, -0.2) is 36.0 Å². The molecule has 1 aromatic carbocycles. The van der Waals surface area contributed by atoms with Gasteiger partial charge < -0.3 is 19.9 Å². The number of hydrogen-bond donors (Lipinski definition) is 2. The Labute approximate surface area is 202 Å². The van der Waals surface area contributed by atoms with E-state index in [1.807, 2.05) is 13.8 Å². The largest absolute Gasteiger partial charge is 0.504 e. The number of ketones is 1. The predicted octanol–water partition coefficient (Wildman–Crippen LogP) is 4.93. The molecule has 2 aromatic rings. The Morgan fingerprint density at radius 2 is 1.71 bits per heavy atom. The van der Waals surface area contributed by atoms with Crippen LogP contribution in [0.25, 0.3) is 0 Å². The van der Waals surface area contributed by atoms with Crippen LogP contribution in [0.1, 0.15) is 50.6 Å². The number of aliphatic hydroxyl groups excluding tert-OH is 1. The molecule has 1 aromatic heterocycles. The summed E-state index contributed by atoms with van der Waals surface area (Å²) in [5.74, 6) is -2.88. The number of benzene rings is 1. The van der Waals surface area contributed by atoms with Crippen LogP contribution in [0.15, 0.2) is 47.4 Å². The molecule has 0 radical (unpaired) electrons. The first-order chi connectivity index (χ1) is 16.1. The van der Waals surface area contributed by atoms with Crippen molar-refractivity contribution < 1.29 is 29.0 Å². The molecule has 0 aliphatic heterocycles. The highest BCUT2D eigenvalue weighted by molar-refractivity contribution is 7.16. The quantitative estimate of drug-likeness (QED) is 0.129. The molecule has 0 aliphatic carbocycles. The van der Waals surface area contributed by atoms with Crippen LogP contribution >= 0.6 is 11.3 Å². The number of ether oxygens (including phenoxy) is 2. The maximum atomic E-state index is 12.9. The second-order valence-electron chi connectivity index (χ2n) is 7.18. The fourth-order valence-electron chi connectivity index (χ4n) is 2.92. The summed E-state index contributed by atoms with van der Waals surface area (Å²) < 4.78 is 9.99. The summed E-state index contributed by atoms with van der Waals surface area (Å²) in [7, 11) is 0. The molecule has 2 N–H and O–H groups in total. The Hall–Kier alpha value is -3.90. The van der Waals surface area contributed by atoms with Crippen molar-refractivity contribution in [1.29, 1.82) is 5.26 Å². The van der Waals surface area contributed by atoms with Crippen molar-refractivity contribution in [3.8, 4) is 6.07 Å². The Kier molecular flexibility index (Phi) is 9.16. The lowest BCUT2D eigenvalue weighted by Gasteiger charge is -2.13. The van der Waals surface area contributed by atoms with Gasteiger partial charge in [-0.25, -0.2) is 9.59 Å². The summed E-state index contributed by atoms with van der Waals surface area (Å²) in [5, 5.41) is 23.5. The molecular weight excluding hydrogens is 456 g/mol. The minimum absolute atomic E-state index is 0.0115. The second-order valence-corrected chi connectivity index (χ2v) is 8.40. The lowest BCUT2D eigenvalue weighted by molar-refractivity contribution is -0.138. The number of thiophene rings is 1. The number of carbonyl (C=O) groups excluding carboxylic acids is 3. The monoisotopic (exact) mass is 482 g/mol. The molecule has 8 nitrogen and oxygen atoms in total. The summed E-state index contributed by atoms with van der Waals surface area (Å²) in [6, 6.07) is 8.37. The highest BCUT2D eigenvalue weighted by Crippen LogP contribution is 2.35. The molecule has 178 valence electrons. The maximum absolute atomic E-state index is 12.9. The summed E-state index contributed by atoms with van der Waals surface area (Å²) in [6.07, 6.45) is 1.07. The first-order valence-electron chi connectivity index (χ1n) is 10.5. The van der Waals surface area contributed by atoms with Gasteiger partial charge in [0.1, 0.15) is 11.1 Å². The third kappa shape index (κ3) is 6.11. The van der Waals surface area contributed by atoms with Crippen molar-refractivity contribution in [2.75, 3.05) is 18.5 Å². The molecule has 34 heavy (non-hydrogen) atoms. The average molecular weight is 483 g/mol. The SMILES string of the molecule is CCOC(=O)/C(C#N)=C(O)/C(=C/C(=O)c1ccc(C)cc1)Nc1sc(C)c(C)c1C(=O)OCC. The fourth-order valence-corrected chi connectivity index (χ4v) is 3.98. The highest BCUT2D eigenvalue weighted by atomic mass is 32.1. The topological polar surface area (TPSA) is 126 Å². The van der Waals surface area contributed by atoms with Gasteiger partial charge >= 0.3 is 11.9 Å². The third-order valence-corrected chi connectivity index (χ3v) is 5.93. The summed E-state index contributed by atoms with van der Waals surface area (Å²) >= 11 is 1.21. The normalized spacial score (nSPS) is 11.8. The molecule has 0 fully saturated rings. The zero-order chi connectivity index (χ0) is 25.4.